The number of Topliss-reactive ketones (excluding diaryl/α,β-unsaturated/α-hetero) is 2. The van der Waals surface area contributed by atoms with Crippen LogP contribution in [-0.4, -0.2) is 72.7 Å². The summed E-state index contributed by atoms with van der Waals surface area (Å²) in [6.07, 6.45) is 10.6. The van der Waals surface area contributed by atoms with Crippen LogP contribution in [0.4, 0.5) is 0 Å². The number of ether oxygens (including phenoxy) is 5. The summed E-state index contributed by atoms with van der Waals surface area (Å²) in [5.41, 5.74) is 0.233. The summed E-state index contributed by atoms with van der Waals surface area (Å²) in [5.74, 6) is -1.62. The molecular formula is C49H65NO12. The zero-order valence-electron chi connectivity index (χ0n) is 37.9. The fourth-order valence-corrected chi connectivity index (χ4v) is 14.4. The molecule has 1 heterocycles. The van der Waals surface area contributed by atoms with Gasteiger partial charge in [-0.2, -0.15) is 0 Å². The predicted octanol–water partition coefficient (Wildman–Crippen LogP) is 7.61. The minimum absolute atomic E-state index is 0.0188. The van der Waals surface area contributed by atoms with Gasteiger partial charge in [0.15, 0.2) is 5.76 Å². The number of carbonyl (C=O) groups excluding carboxylic acids is 7. The number of esters is 4. The van der Waals surface area contributed by atoms with Crippen LogP contribution in [0.1, 0.15) is 145 Å². The van der Waals surface area contributed by atoms with Gasteiger partial charge in [-0.15, -0.1) is 0 Å². The van der Waals surface area contributed by atoms with Crippen LogP contribution in [-0.2, 0) is 61.3 Å². The van der Waals surface area contributed by atoms with Crippen molar-refractivity contribution in [3.63, 3.8) is 0 Å². The van der Waals surface area contributed by atoms with E-state index in [4.69, 9.17) is 23.7 Å². The molecule has 7 rings (SSSR count). The smallest absolute Gasteiger partial charge is 0.312 e. The fraction of sp³-hybridized carbons (Fsp3) is 0.694. The molecule has 6 aliphatic rings. The number of carbonyl (C=O) groups is 7. The van der Waals surface area contributed by atoms with E-state index in [-0.39, 0.29) is 114 Å². The number of nitrogens with zero attached hydrogens (tertiary/aromatic N) is 1. The maximum Gasteiger partial charge on any atom is 0.312 e. The summed E-state index contributed by atoms with van der Waals surface area (Å²) >= 11 is 0. The number of methoxy groups -OCH3 is 1. The number of hydrogen-bond acceptors (Lipinski definition) is 12. The molecule has 0 N–H and O–H groups in total. The molecule has 0 unspecified atom stereocenters. The van der Waals surface area contributed by atoms with Crippen molar-refractivity contribution in [3.8, 4) is 0 Å². The first-order valence-corrected chi connectivity index (χ1v) is 22.5. The van der Waals surface area contributed by atoms with Gasteiger partial charge in [-0.05, 0) is 117 Å². The molecule has 13 nitrogen and oxygen atoms in total. The molecule has 5 saturated carbocycles. The molecule has 0 radical (unpaired) electrons. The van der Waals surface area contributed by atoms with Crippen LogP contribution < -0.4 is 0 Å². The largest absolute Gasteiger partial charge is 0.492 e. The van der Waals surface area contributed by atoms with Gasteiger partial charge in [0.05, 0.1) is 36.3 Å². The van der Waals surface area contributed by atoms with Gasteiger partial charge in [-0.1, -0.05) is 32.9 Å². The standard InChI is InChI=1S/C49H65NO12/c1-28(2)31-14-19-49(44(57)60-23-22-59-38(54)12-13-39(55)61-26-30-25-50(8)42-33(52)24-34(58-9)43(56)40(30)42)21-20-47(6)32(41(31)49)10-11-36-45(4)17-16-37(53)46(5,27-62-29(3)51)35(45)15-18-48(36,47)7/h24-25,31-32,35-36,41H,1,10-23,26-27H2,2-9H3/t31-,32+,35+,36+,41+,45-,46-,47+,48+,49-/m0/s1. The zero-order chi connectivity index (χ0) is 45.2. The van der Waals surface area contributed by atoms with Crippen molar-refractivity contribution >= 4 is 41.2 Å². The Kier molecular flexibility index (Phi) is 12.1. The van der Waals surface area contributed by atoms with Crippen molar-refractivity contribution in [1.29, 1.82) is 0 Å². The van der Waals surface area contributed by atoms with Gasteiger partial charge in [0.25, 0.3) is 0 Å². The molecule has 62 heavy (non-hydrogen) atoms. The highest BCUT2D eigenvalue weighted by Crippen LogP contribution is 2.77. The Bertz CT molecular complexity index is 2110. The van der Waals surface area contributed by atoms with Crippen LogP contribution in [0.5, 0.6) is 0 Å². The SMILES string of the molecule is C=C(C)[C@@H]1CC[C@]2(C(=O)OCCOC(=O)CCC(=O)OCc3cn(C)c4c3C(=O)C(OC)=CC4=O)CC[C@]3(C)[C@H](CC[C@@H]4[C@@]5(C)CCC(=O)[C@@](C)(COC(C)=O)[C@@H]5CC[C@]43C)[C@@H]12. The van der Waals surface area contributed by atoms with Crippen LogP contribution in [0.2, 0.25) is 0 Å². The molecule has 338 valence electrons. The lowest BCUT2D eigenvalue weighted by Gasteiger charge is -2.72. The molecule has 1 aromatic rings. The number of allylic oxidation sites excluding steroid dienone is 3. The van der Waals surface area contributed by atoms with Crippen LogP contribution in [0.3, 0.4) is 0 Å². The normalized spacial score (nSPS) is 35.8. The van der Waals surface area contributed by atoms with Gasteiger partial charge in [0.2, 0.25) is 11.6 Å². The quantitative estimate of drug-likeness (QED) is 0.0825. The van der Waals surface area contributed by atoms with Crippen molar-refractivity contribution < 1.29 is 57.2 Å². The molecule has 10 atom stereocenters. The minimum atomic E-state index is -0.704. The first kappa shape index (κ1) is 45.5. The van der Waals surface area contributed by atoms with Crippen molar-refractivity contribution in [1.82, 2.24) is 4.57 Å². The summed E-state index contributed by atoms with van der Waals surface area (Å²) in [7, 11) is 2.92. The monoisotopic (exact) mass is 859 g/mol. The highest BCUT2D eigenvalue weighted by Gasteiger charge is 2.72. The van der Waals surface area contributed by atoms with E-state index in [0.29, 0.717) is 24.3 Å². The lowest BCUT2D eigenvalue weighted by Crippen LogP contribution is -2.67. The van der Waals surface area contributed by atoms with Crippen LogP contribution >= 0.6 is 0 Å². The Morgan fingerprint density at radius 2 is 1.50 bits per heavy atom. The van der Waals surface area contributed by atoms with Gasteiger partial charge in [-0.3, -0.25) is 33.6 Å². The summed E-state index contributed by atoms with van der Waals surface area (Å²) in [5, 5.41) is 0. The van der Waals surface area contributed by atoms with Crippen molar-refractivity contribution in [2.24, 2.45) is 63.7 Å². The Morgan fingerprint density at radius 1 is 0.806 bits per heavy atom. The third-order valence-electron chi connectivity index (χ3n) is 17.5. The molecular weight excluding hydrogens is 795 g/mol. The second-order valence-corrected chi connectivity index (χ2v) is 20.4. The summed E-state index contributed by atoms with van der Waals surface area (Å²) in [4.78, 5) is 90.5. The minimum Gasteiger partial charge on any atom is -0.492 e. The molecule has 0 saturated heterocycles. The lowest BCUT2D eigenvalue weighted by atomic mass is 9.32. The van der Waals surface area contributed by atoms with E-state index in [1.807, 2.05) is 6.92 Å². The van der Waals surface area contributed by atoms with E-state index in [1.165, 1.54) is 18.6 Å². The van der Waals surface area contributed by atoms with E-state index in [2.05, 4.69) is 34.3 Å². The highest BCUT2D eigenvalue weighted by atomic mass is 16.6. The third kappa shape index (κ3) is 7.17. The van der Waals surface area contributed by atoms with E-state index in [0.717, 1.165) is 63.0 Å². The van der Waals surface area contributed by atoms with E-state index >= 15 is 0 Å². The number of aryl methyl sites for hydroxylation is 1. The fourth-order valence-electron chi connectivity index (χ4n) is 14.4. The molecule has 0 amide bonds. The van der Waals surface area contributed by atoms with Gasteiger partial charge in [0, 0.05) is 38.2 Å². The zero-order valence-corrected chi connectivity index (χ0v) is 37.9. The maximum atomic E-state index is 14.4. The van der Waals surface area contributed by atoms with Crippen molar-refractivity contribution in [2.75, 3.05) is 26.9 Å². The molecule has 0 spiro atoms. The van der Waals surface area contributed by atoms with E-state index in [1.54, 1.807) is 13.2 Å². The van der Waals surface area contributed by atoms with Gasteiger partial charge >= 0.3 is 23.9 Å². The number of aromatic nitrogens is 1. The van der Waals surface area contributed by atoms with Crippen molar-refractivity contribution in [3.05, 3.63) is 47.0 Å². The Labute approximate surface area is 365 Å². The molecule has 5 fully saturated rings. The topological polar surface area (TPSA) is 171 Å². The van der Waals surface area contributed by atoms with Gasteiger partial charge in [0.1, 0.15) is 37.9 Å². The third-order valence-corrected chi connectivity index (χ3v) is 17.5. The van der Waals surface area contributed by atoms with Crippen LogP contribution in [0.25, 0.3) is 0 Å². The average Bonchev–Trinajstić information content (AvgIpc) is 3.79. The second kappa shape index (κ2) is 16.5. The first-order valence-electron chi connectivity index (χ1n) is 22.5. The average molecular weight is 860 g/mol. The van der Waals surface area contributed by atoms with E-state index < -0.39 is 34.3 Å². The lowest BCUT2D eigenvalue weighted by molar-refractivity contribution is -0.239. The molecule has 1 aromatic heterocycles. The highest BCUT2D eigenvalue weighted by molar-refractivity contribution is 6.23. The van der Waals surface area contributed by atoms with Gasteiger partial charge < -0.3 is 28.3 Å². The number of hydrogen-bond donors (Lipinski definition) is 0. The summed E-state index contributed by atoms with van der Waals surface area (Å²) < 4.78 is 28.8. The Hall–Kier alpha value is -4.55. The summed E-state index contributed by atoms with van der Waals surface area (Å²) in [6, 6.07) is 0. The first-order chi connectivity index (χ1) is 29.2. The van der Waals surface area contributed by atoms with Crippen LogP contribution in [0, 0.1) is 56.7 Å². The van der Waals surface area contributed by atoms with E-state index in [9.17, 15) is 33.6 Å². The van der Waals surface area contributed by atoms with Gasteiger partial charge in [-0.25, -0.2) is 0 Å². The molecule has 0 aromatic carbocycles. The molecule has 13 heteroatoms. The molecule has 0 aliphatic heterocycles. The number of rotatable bonds is 13. The Balaban J connectivity index is 0.955. The Morgan fingerprint density at radius 3 is 2.18 bits per heavy atom. The number of ketones is 3. The molecule has 0 bridgehead atoms. The second-order valence-electron chi connectivity index (χ2n) is 20.4. The maximum absolute atomic E-state index is 14.4. The van der Waals surface area contributed by atoms with Crippen molar-refractivity contribution in [2.45, 2.75) is 125 Å². The summed E-state index contributed by atoms with van der Waals surface area (Å²) in [6.45, 7) is 16.9. The predicted molar refractivity (Wildman–Crippen MR) is 225 cm³/mol. The molecule has 6 aliphatic carbocycles. The number of fused-ring (bicyclic) bond motifs is 8. The van der Waals surface area contributed by atoms with Crippen LogP contribution in [0.15, 0.2) is 30.2 Å².